The first-order chi connectivity index (χ1) is 5.31. The summed E-state index contributed by atoms with van der Waals surface area (Å²) in [6.07, 6.45) is 2.77. The van der Waals surface area contributed by atoms with E-state index in [1.807, 2.05) is 6.92 Å². The van der Waals surface area contributed by atoms with Crippen molar-refractivity contribution in [1.82, 2.24) is 5.32 Å². The highest BCUT2D eigenvalue weighted by Crippen LogP contribution is 1.84. The molecule has 4 heteroatoms. The zero-order valence-corrected chi connectivity index (χ0v) is 6.59. The van der Waals surface area contributed by atoms with Gasteiger partial charge in [0.2, 0.25) is 12.0 Å². The molecule has 0 saturated heterocycles. The molecular weight excluding hydrogens is 144 g/mol. The highest BCUT2D eigenvalue weighted by molar-refractivity contribution is 5.75. The van der Waals surface area contributed by atoms with Crippen LogP contribution in [-0.4, -0.2) is 25.1 Å². The van der Waals surface area contributed by atoms with Crippen molar-refractivity contribution in [3.63, 3.8) is 0 Å². The lowest BCUT2D eigenvalue weighted by Gasteiger charge is -1.99. The molecule has 0 fully saturated rings. The van der Waals surface area contributed by atoms with Crippen molar-refractivity contribution in [3.05, 3.63) is 0 Å². The van der Waals surface area contributed by atoms with Crippen LogP contribution < -0.4 is 5.32 Å². The van der Waals surface area contributed by atoms with Crippen LogP contribution in [0.5, 0.6) is 0 Å². The predicted molar refractivity (Wildman–Crippen MR) is 40.9 cm³/mol. The number of nitrogens with zero attached hydrogens (tertiary/aromatic N) is 1. The maximum Gasteiger partial charge on any atom is 0.235 e. The molecule has 0 aliphatic rings. The van der Waals surface area contributed by atoms with Crippen LogP contribution in [0.4, 0.5) is 0 Å². The van der Waals surface area contributed by atoms with E-state index in [0.29, 0.717) is 19.5 Å². The number of nitrogens with one attached hydrogen (secondary N) is 1. The van der Waals surface area contributed by atoms with E-state index in [1.54, 1.807) is 0 Å². The molecule has 0 radical (unpaired) electrons. The van der Waals surface area contributed by atoms with E-state index in [4.69, 9.17) is 0 Å². The second-order valence-corrected chi connectivity index (χ2v) is 2.07. The second kappa shape index (κ2) is 6.96. The molecule has 0 bridgehead atoms. The molecule has 1 N–H and O–H groups in total. The summed E-state index contributed by atoms with van der Waals surface area (Å²) in [5.74, 6) is 0.00796. The Morgan fingerprint density at radius 2 is 2.36 bits per heavy atom. The SMILES string of the molecule is CCCC(=O)NCCN=C=O. The van der Waals surface area contributed by atoms with Gasteiger partial charge in [0.25, 0.3) is 0 Å². The molecule has 0 aromatic heterocycles. The number of isocyanates is 1. The van der Waals surface area contributed by atoms with Crippen molar-refractivity contribution in [3.8, 4) is 0 Å². The van der Waals surface area contributed by atoms with Crippen molar-refractivity contribution in [2.75, 3.05) is 13.1 Å². The van der Waals surface area contributed by atoms with E-state index in [2.05, 4.69) is 10.3 Å². The molecule has 0 aromatic rings. The van der Waals surface area contributed by atoms with Crippen LogP contribution in [0.3, 0.4) is 0 Å². The average Bonchev–Trinajstić information content (AvgIpc) is 1.99. The normalized spacial score (nSPS) is 8.45. The Hall–Kier alpha value is -1.15. The number of hydrogen-bond acceptors (Lipinski definition) is 3. The van der Waals surface area contributed by atoms with Crippen LogP contribution in [0.15, 0.2) is 4.99 Å². The monoisotopic (exact) mass is 156 g/mol. The Bertz CT molecular complexity index is 162. The maximum absolute atomic E-state index is 10.8. The van der Waals surface area contributed by atoms with Crippen molar-refractivity contribution >= 4 is 12.0 Å². The Kier molecular flexibility index (Phi) is 6.24. The highest BCUT2D eigenvalue weighted by atomic mass is 16.1. The van der Waals surface area contributed by atoms with E-state index in [-0.39, 0.29) is 5.91 Å². The van der Waals surface area contributed by atoms with Crippen molar-refractivity contribution in [1.29, 1.82) is 0 Å². The van der Waals surface area contributed by atoms with Gasteiger partial charge in [-0.25, -0.2) is 9.79 Å². The molecular formula is C7H12N2O2. The Balaban J connectivity index is 3.23. The molecule has 4 nitrogen and oxygen atoms in total. The Morgan fingerprint density at radius 1 is 1.64 bits per heavy atom. The van der Waals surface area contributed by atoms with Gasteiger partial charge in [0.1, 0.15) is 0 Å². The molecule has 0 aromatic carbocycles. The van der Waals surface area contributed by atoms with Gasteiger partial charge in [-0.15, -0.1) is 0 Å². The minimum absolute atomic E-state index is 0.00796. The number of rotatable bonds is 5. The zero-order chi connectivity index (χ0) is 8.53. The number of carbonyl (C=O) groups excluding carboxylic acids is 2. The van der Waals surface area contributed by atoms with Crippen molar-refractivity contribution in [2.45, 2.75) is 19.8 Å². The quantitative estimate of drug-likeness (QED) is 0.352. The Labute approximate surface area is 65.7 Å². The van der Waals surface area contributed by atoms with Crippen molar-refractivity contribution < 1.29 is 9.59 Å². The summed E-state index contributed by atoms with van der Waals surface area (Å²) >= 11 is 0. The molecule has 0 rings (SSSR count). The lowest BCUT2D eigenvalue weighted by Crippen LogP contribution is -2.25. The average molecular weight is 156 g/mol. The Morgan fingerprint density at radius 3 is 2.91 bits per heavy atom. The first-order valence-electron chi connectivity index (χ1n) is 3.61. The maximum atomic E-state index is 10.8. The molecule has 0 aliphatic heterocycles. The van der Waals surface area contributed by atoms with Gasteiger partial charge in [-0.2, -0.15) is 0 Å². The van der Waals surface area contributed by atoms with E-state index < -0.39 is 0 Å². The standard InChI is InChI=1S/C7H12N2O2/c1-2-3-7(11)9-5-4-8-6-10/h2-5H2,1H3,(H,9,11). The lowest BCUT2D eigenvalue weighted by molar-refractivity contribution is -0.121. The van der Waals surface area contributed by atoms with Gasteiger partial charge in [0.15, 0.2) is 0 Å². The summed E-state index contributed by atoms with van der Waals surface area (Å²) in [5.41, 5.74) is 0. The largest absolute Gasteiger partial charge is 0.354 e. The van der Waals surface area contributed by atoms with E-state index >= 15 is 0 Å². The number of amides is 1. The third-order valence-corrected chi connectivity index (χ3v) is 1.09. The van der Waals surface area contributed by atoms with E-state index in [0.717, 1.165) is 6.42 Å². The first-order valence-corrected chi connectivity index (χ1v) is 3.61. The summed E-state index contributed by atoms with van der Waals surface area (Å²) in [4.78, 5) is 23.6. The minimum Gasteiger partial charge on any atom is -0.354 e. The summed E-state index contributed by atoms with van der Waals surface area (Å²) in [6.45, 7) is 2.68. The van der Waals surface area contributed by atoms with Gasteiger partial charge < -0.3 is 5.32 Å². The zero-order valence-electron chi connectivity index (χ0n) is 6.59. The predicted octanol–water partition coefficient (Wildman–Crippen LogP) is 0.238. The minimum atomic E-state index is 0.00796. The molecule has 0 saturated carbocycles. The lowest BCUT2D eigenvalue weighted by atomic mass is 10.3. The summed E-state index contributed by atoms with van der Waals surface area (Å²) in [7, 11) is 0. The van der Waals surface area contributed by atoms with Crippen LogP contribution in [-0.2, 0) is 9.59 Å². The fourth-order valence-electron chi connectivity index (χ4n) is 0.612. The molecule has 11 heavy (non-hydrogen) atoms. The third kappa shape index (κ3) is 6.74. The molecule has 0 spiro atoms. The van der Waals surface area contributed by atoms with Gasteiger partial charge in [-0.1, -0.05) is 6.92 Å². The van der Waals surface area contributed by atoms with Gasteiger partial charge in [0, 0.05) is 13.0 Å². The van der Waals surface area contributed by atoms with Crippen LogP contribution in [0.25, 0.3) is 0 Å². The van der Waals surface area contributed by atoms with Gasteiger partial charge in [-0.3, -0.25) is 4.79 Å². The van der Waals surface area contributed by atoms with Crippen LogP contribution >= 0.6 is 0 Å². The summed E-state index contributed by atoms with van der Waals surface area (Å²) in [5, 5.41) is 2.61. The van der Waals surface area contributed by atoms with Crippen LogP contribution in [0.2, 0.25) is 0 Å². The van der Waals surface area contributed by atoms with Gasteiger partial charge >= 0.3 is 0 Å². The molecule has 0 unspecified atom stereocenters. The van der Waals surface area contributed by atoms with Crippen molar-refractivity contribution in [2.24, 2.45) is 4.99 Å². The smallest absolute Gasteiger partial charge is 0.235 e. The van der Waals surface area contributed by atoms with Crippen LogP contribution in [0.1, 0.15) is 19.8 Å². The summed E-state index contributed by atoms with van der Waals surface area (Å²) in [6, 6.07) is 0. The first kappa shape index (κ1) is 9.85. The molecule has 62 valence electrons. The second-order valence-electron chi connectivity index (χ2n) is 2.07. The number of hydrogen-bond donors (Lipinski definition) is 1. The summed E-state index contributed by atoms with van der Waals surface area (Å²) < 4.78 is 0. The molecule has 0 atom stereocenters. The number of carbonyl (C=O) groups is 1. The molecule has 1 amide bonds. The molecule has 0 aliphatic carbocycles. The molecule has 0 heterocycles. The number of aliphatic imine (C=N–C) groups is 1. The van der Waals surface area contributed by atoms with E-state index in [9.17, 15) is 9.59 Å². The van der Waals surface area contributed by atoms with E-state index in [1.165, 1.54) is 6.08 Å². The van der Waals surface area contributed by atoms with Gasteiger partial charge in [0.05, 0.1) is 6.54 Å². The topological polar surface area (TPSA) is 58.5 Å². The fourth-order valence-corrected chi connectivity index (χ4v) is 0.612. The fraction of sp³-hybridized carbons (Fsp3) is 0.714. The highest BCUT2D eigenvalue weighted by Gasteiger charge is 1.95. The van der Waals surface area contributed by atoms with Gasteiger partial charge in [-0.05, 0) is 6.42 Å². The third-order valence-electron chi connectivity index (χ3n) is 1.09. The van der Waals surface area contributed by atoms with Crippen LogP contribution in [0, 0.1) is 0 Å².